The zero-order valence-corrected chi connectivity index (χ0v) is 12.3. The van der Waals surface area contributed by atoms with E-state index in [1.54, 1.807) is 11.8 Å². The fraction of sp³-hybridized carbons (Fsp3) is 0.385. The number of benzene rings is 1. The van der Waals surface area contributed by atoms with Crippen LogP contribution in [-0.2, 0) is 0 Å². The minimum atomic E-state index is 0.823. The van der Waals surface area contributed by atoms with Crippen LogP contribution in [0.2, 0.25) is 0 Å². The van der Waals surface area contributed by atoms with Crippen molar-refractivity contribution in [3.63, 3.8) is 0 Å². The molecule has 0 radical (unpaired) electrons. The average molecular weight is 279 g/mol. The number of hydrogen-bond acceptors (Lipinski definition) is 3. The third kappa shape index (κ3) is 3.53. The number of nitrogens with zero attached hydrogens (tertiary/aromatic N) is 3. The summed E-state index contributed by atoms with van der Waals surface area (Å²) in [4.78, 5) is 11.5. The van der Waals surface area contributed by atoms with Gasteiger partial charge in [-0.2, -0.15) is 4.99 Å². The van der Waals surface area contributed by atoms with Crippen molar-refractivity contribution < 1.29 is 0 Å². The molecular formula is C13H17N3S2. The van der Waals surface area contributed by atoms with Gasteiger partial charge in [-0.3, -0.25) is 0 Å². The Morgan fingerprint density at radius 2 is 2.17 bits per heavy atom. The van der Waals surface area contributed by atoms with Crippen LogP contribution in [0.3, 0.4) is 0 Å². The molecule has 18 heavy (non-hydrogen) atoms. The zero-order chi connectivity index (χ0) is 12.8. The van der Waals surface area contributed by atoms with Crippen molar-refractivity contribution in [2.45, 2.75) is 6.92 Å². The smallest absolute Gasteiger partial charge is 0.190 e. The predicted octanol–water partition coefficient (Wildman–Crippen LogP) is 3.46. The summed E-state index contributed by atoms with van der Waals surface area (Å²) in [6.45, 7) is 4.26. The van der Waals surface area contributed by atoms with E-state index in [9.17, 15) is 0 Å². The lowest BCUT2D eigenvalue weighted by Gasteiger charge is -2.14. The van der Waals surface area contributed by atoms with E-state index in [1.165, 1.54) is 0 Å². The normalized spacial score (nSPS) is 18.7. The van der Waals surface area contributed by atoms with E-state index >= 15 is 0 Å². The van der Waals surface area contributed by atoms with E-state index in [0.717, 1.165) is 34.9 Å². The van der Waals surface area contributed by atoms with Crippen molar-refractivity contribution in [1.29, 1.82) is 0 Å². The topological polar surface area (TPSA) is 28.0 Å². The van der Waals surface area contributed by atoms with Gasteiger partial charge in [0.15, 0.2) is 10.3 Å². The molecule has 1 saturated heterocycles. The Kier molecular flexibility index (Phi) is 5.13. The zero-order valence-electron chi connectivity index (χ0n) is 10.7. The summed E-state index contributed by atoms with van der Waals surface area (Å²) in [7, 11) is 0. The summed E-state index contributed by atoms with van der Waals surface area (Å²) in [6, 6.07) is 9.97. The summed E-state index contributed by atoms with van der Waals surface area (Å²) in [6.07, 6.45) is 2.02. The van der Waals surface area contributed by atoms with E-state index in [-0.39, 0.29) is 0 Å². The van der Waals surface area contributed by atoms with E-state index in [4.69, 9.17) is 0 Å². The van der Waals surface area contributed by atoms with Gasteiger partial charge in [0.05, 0.1) is 5.69 Å². The first-order valence-corrected chi connectivity index (χ1v) is 8.18. The maximum absolute atomic E-state index is 4.66. The van der Waals surface area contributed by atoms with Crippen LogP contribution in [0.1, 0.15) is 6.92 Å². The van der Waals surface area contributed by atoms with Crippen LogP contribution in [0.5, 0.6) is 0 Å². The third-order valence-corrected chi connectivity index (χ3v) is 4.14. The Hall–Kier alpha value is -0.940. The molecule has 0 bridgehead atoms. The molecule has 1 aliphatic rings. The van der Waals surface area contributed by atoms with E-state index < -0.39 is 0 Å². The van der Waals surface area contributed by atoms with E-state index in [2.05, 4.69) is 21.8 Å². The summed E-state index contributed by atoms with van der Waals surface area (Å²) in [5, 5.41) is 1.92. The van der Waals surface area contributed by atoms with Crippen LogP contribution in [0.15, 0.2) is 40.3 Å². The summed E-state index contributed by atoms with van der Waals surface area (Å²) in [5.41, 5.74) is 0.956. The molecule has 1 aromatic carbocycles. The number of thioether (sulfide) groups is 2. The predicted molar refractivity (Wildman–Crippen MR) is 84.2 cm³/mol. The Morgan fingerprint density at radius 1 is 1.39 bits per heavy atom. The highest BCUT2D eigenvalue weighted by molar-refractivity contribution is 8.15. The Morgan fingerprint density at radius 3 is 2.83 bits per heavy atom. The Bertz CT molecular complexity index is 443. The van der Waals surface area contributed by atoms with Gasteiger partial charge in [0.1, 0.15) is 0 Å². The van der Waals surface area contributed by atoms with Crippen LogP contribution >= 0.6 is 23.5 Å². The Labute approximate surface area is 117 Å². The molecule has 0 amide bonds. The highest BCUT2D eigenvalue weighted by atomic mass is 32.2. The lowest BCUT2D eigenvalue weighted by molar-refractivity contribution is 0.489. The van der Waals surface area contributed by atoms with Gasteiger partial charge in [-0.05, 0) is 25.3 Å². The molecule has 0 N–H and O–H groups in total. The SMILES string of the molecule is CCN1CCSC1=NC(=Nc1ccccc1)SC. The molecule has 0 aromatic heterocycles. The third-order valence-electron chi connectivity index (χ3n) is 2.60. The molecule has 0 saturated carbocycles. The van der Waals surface area contributed by atoms with Crippen molar-refractivity contribution >= 4 is 39.5 Å². The summed E-state index contributed by atoms with van der Waals surface area (Å²) in [5.74, 6) is 1.12. The number of hydrogen-bond donors (Lipinski definition) is 0. The quantitative estimate of drug-likeness (QED) is 0.613. The fourth-order valence-electron chi connectivity index (χ4n) is 1.64. The molecular weight excluding hydrogens is 262 g/mol. The average Bonchev–Trinajstić information content (AvgIpc) is 2.86. The van der Waals surface area contributed by atoms with E-state index in [0.29, 0.717) is 0 Å². The highest BCUT2D eigenvalue weighted by Crippen LogP contribution is 2.20. The molecule has 0 aliphatic carbocycles. The van der Waals surface area contributed by atoms with Gasteiger partial charge < -0.3 is 4.90 Å². The van der Waals surface area contributed by atoms with Crippen LogP contribution in [-0.4, -0.2) is 40.3 Å². The first-order valence-electron chi connectivity index (χ1n) is 5.97. The molecule has 5 heteroatoms. The monoisotopic (exact) mass is 279 g/mol. The standard InChI is InChI=1S/C13H17N3S2/c1-3-16-9-10-18-13(16)15-12(17-2)14-11-7-5-4-6-8-11/h4-8H,3,9-10H2,1-2H3. The van der Waals surface area contributed by atoms with Crippen LogP contribution < -0.4 is 0 Å². The second-order valence-corrected chi connectivity index (χ2v) is 5.59. The second-order valence-electron chi connectivity index (χ2n) is 3.76. The summed E-state index contributed by atoms with van der Waals surface area (Å²) < 4.78 is 0. The van der Waals surface area contributed by atoms with Gasteiger partial charge in [0, 0.05) is 18.8 Å². The molecule has 1 fully saturated rings. The van der Waals surface area contributed by atoms with Crippen molar-refractivity contribution in [1.82, 2.24) is 4.90 Å². The van der Waals surface area contributed by atoms with Crippen LogP contribution in [0, 0.1) is 0 Å². The Balaban J connectivity index is 2.19. The second kappa shape index (κ2) is 6.85. The van der Waals surface area contributed by atoms with Crippen LogP contribution in [0.4, 0.5) is 5.69 Å². The first-order chi connectivity index (χ1) is 8.83. The molecule has 1 heterocycles. The van der Waals surface area contributed by atoms with Gasteiger partial charge in [-0.1, -0.05) is 41.7 Å². The number of rotatable bonds is 2. The lowest BCUT2D eigenvalue weighted by atomic mass is 10.3. The van der Waals surface area contributed by atoms with E-state index in [1.807, 2.05) is 48.3 Å². The van der Waals surface area contributed by atoms with Gasteiger partial charge in [0.2, 0.25) is 0 Å². The minimum Gasteiger partial charge on any atom is -0.351 e. The van der Waals surface area contributed by atoms with Gasteiger partial charge in [-0.25, -0.2) is 4.99 Å². The minimum absolute atomic E-state index is 0.823. The van der Waals surface area contributed by atoms with Gasteiger partial charge in [-0.15, -0.1) is 0 Å². The van der Waals surface area contributed by atoms with Crippen molar-refractivity contribution in [2.75, 3.05) is 25.1 Å². The van der Waals surface area contributed by atoms with Crippen molar-refractivity contribution in [3.8, 4) is 0 Å². The molecule has 1 aromatic rings. The summed E-state index contributed by atoms with van der Waals surface area (Å²) >= 11 is 3.40. The first kappa shape index (κ1) is 13.5. The maximum atomic E-state index is 4.66. The van der Waals surface area contributed by atoms with Crippen molar-refractivity contribution in [2.24, 2.45) is 9.98 Å². The molecule has 0 spiro atoms. The highest BCUT2D eigenvalue weighted by Gasteiger charge is 2.18. The molecule has 0 unspecified atom stereocenters. The number of amidine groups is 2. The largest absolute Gasteiger partial charge is 0.351 e. The molecule has 1 aliphatic heterocycles. The van der Waals surface area contributed by atoms with Crippen molar-refractivity contribution in [3.05, 3.63) is 30.3 Å². The lowest BCUT2D eigenvalue weighted by Crippen LogP contribution is -2.24. The van der Waals surface area contributed by atoms with Gasteiger partial charge >= 0.3 is 0 Å². The van der Waals surface area contributed by atoms with Crippen LogP contribution in [0.25, 0.3) is 0 Å². The molecule has 3 nitrogen and oxygen atoms in total. The van der Waals surface area contributed by atoms with Gasteiger partial charge in [0.25, 0.3) is 0 Å². The molecule has 2 rings (SSSR count). The molecule has 0 atom stereocenters. The maximum Gasteiger partial charge on any atom is 0.190 e. The number of para-hydroxylation sites is 1. The fourth-order valence-corrected chi connectivity index (χ4v) is 3.12. The number of aliphatic imine (C=N–C) groups is 2. The molecule has 96 valence electrons.